The number of nitrogens with two attached hydrogens (primary N) is 1. The Morgan fingerprint density at radius 3 is 2.67 bits per heavy atom. The van der Waals surface area contributed by atoms with E-state index in [2.05, 4.69) is 23.5 Å². The zero-order valence-corrected chi connectivity index (χ0v) is 15.6. The van der Waals surface area contributed by atoms with Crippen LogP contribution >= 0.6 is 0 Å². The zero-order valence-electron chi connectivity index (χ0n) is 15.6. The molecular formula is C22H26N3O2+. The van der Waals surface area contributed by atoms with Gasteiger partial charge < -0.3 is 19.9 Å². The fourth-order valence-corrected chi connectivity index (χ4v) is 3.97. The topological polar surface area (TPSA) is 62.1 Å². The van der Waals surface area contributed by atoms with Gasteiger partial charge >= 0.3 is 0 Å². The highest BCUT2D eigenvalue weighted by molar-refractivity contribution is 6.02. The van der Waals surface area contributed by atoms with E-state index in [0.717, 1.165) is 41.7 Å². The van der Waals surface area contributed by atoms with Gasteiger partial charge in [-0.1, -0.05) is 48.5 Å². The van der Waals surface area contributed by atoms with Crippen LogP contribution in [0.5, 0.6) is 0 Å². The molecule has 0 spiro atoms. The average Bonchev–Trinajstić information content (AvgIpc) is 3.00. The number of rotatable bonds is 6. The van der Waals surface area contributed by atoms with Gasteiger partial charge in [-0.15, -0.1) is 0 Å². The summed E-state index contributed by atoms with van der Waals surface area (Å²) in [6, 6.07) is 18.4. The average molecular weight is 364 g/mol. The molecule has 0 saturated carbocycles. The molecule has 0 saturated heterocycles. The van der Waals surface area contributed by atoms with Crippen molar-refractivity contribution in [2.45, 2.75) is 25.6 Å². The van der Waals surface area contributed by atoms with Crippen LogP contribution in [0.3, 0.4) is 0 Å². The van der Waals surface area contributed by atoms with E-state index in [1.807, 2.05) is 48.0 Å². The first-order valence-electron chi connectivity index (χ1n) is 9.54. The Labute approximate surface area is 159 Å². The summed E-state index contributed by atoms with van der Waals surface area (Å²) in [6.45, 7) is 2.61. The zero-order chi connectivity index (χ0) is 18.8. The summed E-state index contributed by atoms with van der Waals surface area (Å²) in [5.41, 5.74) is 4.14. The van der Waals surface area contributed by atoms with Crippen LogP contribution in [0.1, 0.15) is 21.6 Å². The minimum Gasteiger partial charge on any atom is -0.385 e. The predicted molar refractivity (Wildman–Crippen MR) is 106 cm³/mol. The second-order valence-corrected chi connectivity index (χ2v) is 7.30. The Morgan fingerprint density at radius 1 is 1.11 bits per heavy atom. The summed E-state index contributed by atoms with van der Waals surface area (Å²) in [7, 11) is 1.84. The maximum Gasteiger partial charge on any atom is 0.270 e. The third-order valence-corrected chi connectivity index (χ3v) is 5.38. The van der Waals surface area contributed by atoms with E-state index in [9.17, 15) is 9.90 Å². The third kappa shape index (κ3) is 3.48. The number of hydrogen-bond acceptors (Lipinski definition) is 2. The van der Waals surface area contributed by atoms with Crippen molar-refractivity contribution < 1.29 is 15.2 Å². The van der Waals surface area contributed by atoms with Gasteiger partial charge in [-0.05, 0) is 18.1 Å². The SMILES string of the molecule is CN1CCc2c(n(CC(O)C[NH2+]Cc3ccccc3)c3ccccc23)C1=O. The molecule has 0 fully saturated rings. The number of amides is 1. The quantitative estimate of drug-likeness (QED) is 0.694. The molecular weight excluding hydrogens is 338 g/mol. The van der Waals surface area contributed by atoms with Crippen molar-refractivity contribution in [1.29, 1.82) is 0 Å². The Kier molecular flexibility index (Phi) is 4.97. The second-order valence-electron chi connectivity index (χ2n) is 7.30. The van der Waals surface area contributed by atoms with Crippen LogP contribution in [0.2, 0.25) is 0 Å². The molecule has 2 aromatic carbocycles. The highest BCUT2D eigenvalue weighted by Crippen LogP contribution is 2.30. The van der Waals surface area contributed by atoms with Gasteiger partial charge in [0.15, 0.2) is 0 Å². The number of aliphatic hydroxyl groups is 1. The number of likely N-dealkylation sites (N-methyl/N-ethyl adjacent to an activating group) is 1. The van der Waals surface area contributed by atoms with Crippen molar-refractivity contribution in [2.24, 2.45) is 0 Å². The van der Waals surface area contributed by atoms with Crippen molar-refractivity contribution in [3.05, 3.63) is 71.4 Å². The number of carbonyl (C=O) groups excluding carboxylic acids is 1. The summed E-state index contributed by atoms with van der Waals surface area (Å²) in [5, 5.41) is 13.9. The van der Waals surface area contributed by atoms with E-state index in [4.69, 9.17) is 0 Å². The van der Waals surface area contributed by atoms with Crippen molar-refractivity contribution >= 4 is 16.8 Å². The van der Waals surface area contributed by atoms with Gasteiger partial charge in [0.25, 0.3) is 5.91 Å². The van der Waals surface area contributed by atoms with Gasteiger partial charge in [0.1, 0.15) is 24.9 Å². The minimum atomic E-state index is -0.520. The molecule has 1 unspecified atom stereocenters. The minimum absolute atomic E-state index is 0.0490. The molecule has 5 nitrogen and oxygen atoms in total. The molecule has 5 heteroatoms. The highest BCUT2D eigenvalue weighted by atomic mass is 16.3. The number of benzene rings is 2. The summed E-state index contributed by atoms with van der Waals surface area (Å²) in [4.78, 5) is 14.6. The number of quaternary nitrogens is 1. The number of aliphatic hydroxyl groups excluding tert-OH is 1. The predicted octanol–water partition coefficient (Wildman–Crippen LogP) is 1.39. The molecule has 3 N–H and O–H groups in total. The highest BCUT2D eigenvalue weighted by Gasteiger charge is 2.29. The van der Waals surface area contributed by atoms with Crippen LogP contribution in [0.4, 0.5) is 0 Å². The van der Waals surface area contributed by atoms with E-state index in [-0.39, 0.29) is 5.91 Å². The number of aromatic nitrogens is 1. The molecule has 0 radical (unpaired) electrons. The largest absolute Gasteiger partial charge is 0.385 e. The molecule has 1 aromatic heterocycles. The third-order valence-electron chi connectivity index (χ3n) is 5.38. The van der Waals surface area contributed by atoms with Crippen molar-refractivity contribution in [3.63, 3.8) is 0 Å². The first-order valence-corrected chi connectivity index (χ1v) is 9.54. The van der Waals surface area contributed by atoms with Crippen LogP contribution in [-0.2, 0) is 19.5 Å². The Bertz CT molecular complexity index is 949. The van der Waals surface area contributed by atoms with Crippen LogP contribution in [0.15, 0.2) is 54.6 Å². The maximum absolute atomic E-state index is 12.8. The molecule has 1 aliphatic rings. The van der Waals surface area contributed by atoms with Gasteiger partial charge in [0, 0.05) is 30.1 Å². The van der Waals surface area contributed by atoms with Crippen molar-refractivity contribution in [1.82, 2.24) is 9.47 Å². The van der Waals surface area contributed by atoms with Gasteiger partial charge in [-0.2, -0.15) is 0 Å². The van der Waals surface area contributed by atoms with E-state index in [1.165, 1.54) is 5.56 Å². The lowest BCUT2D eigenvalue weighted by atomic mass is 10.0. The van der Waals surface area contributed by atoms with E-state index < -0.39 is 6.10 Å². The number of fused-ring (bicyclic) bond motifs is 3. The van der Waals surface area contributed by atoms with Crippen LogP contribution in [0.25, 0.3) is 10.9 Å². The normalized spacial score (nSPS) is 15.2. The Hall–Kier alpha value is -2.63. The molecule has 27 heavy (non-hydrogen) atoms. The standard InChI is InChI=1S/C22H25N3O2/c1-24-12-11-19-18-9-5-6-10-20(18)25(21(19)22(24)27)15-17(26)14-23-13-16-7-3-2-4-8-16/h2-10,17,23,26H,11-15H2,1H3/p+1. The lowest BCUT2D eigenvalue weighted by Crippen LogP contribution is -2.85. The Morgan fingerprint density at radius 2 is 1.85 bits per heavy atom. The summed E-state index contributed by atoms with van der Waals surface area (Å²) >= 11 is 0. The summed E-state index contributed by atoms with van der Waals surface area (Å²) in [5.74, 6) is 0.0490. The summed E-state index contributed by atoms with van der Waals surface area (Å²) < 4.78 is 2.02. The lowest BCUT2D eigenvalue weighted by Gasteiger charge is -2.25. The van der Waals surface area contributed by atoms with Gasteiger partial charge in [0.2, 0.25) is 0 Å². The first-order chi connectivity index (χ1) is 13.1. The molecule has 0 bridgehead atoms. The molecule has 140 valence electrons. The Balaban J connectivity index is 1.54. The van der Waals surface area contributed by atoms with E-state index in [1.54, 1.807) is 4.90 Å². The van der Waals surface area contributed by atoms with Gasteiger partial charge in [-0.25, -0.2) is 0 Å². The first kappa shape index (κ1) is 17.8. The van der Waals surface area contributed by atoms with Crippen LogP contribution in [0, 0.1) is 0 Å². The maximum atomic E-state index is 12.8. The van der Waals surface area contributed by atoms with E-state index in [0.29, 0.717) is 13.1 Å². The fraction of sp³-hybridized carbons (Fsp3) is 0.318. The van der Waals surface area contributed by atoms with Crippen molar-refractivity contribution in [2.75, 3.05) is 20.1 Å². The van der Waals surface area contributed by atoms with Gasteiger partial charge in [-0.3, -0.25) is 4.79 Å². The van der Waals surface area contributed by atoms with Crippen LogP contribution < -0.4 is 5.32 Å². The molecule has 1 atom stereocenters. The second kappa shape index (κ2) is 7.55. The molecule has 1 aliphatic heterocycles. The van der Waals surface area contributed by atoms with Crippen LogP contribution in [-0.4, -0.2) is 46.7 Å². The smallest absolute Gasteiger partial charge is 0.270 e. The fourth-order valence-electron chi connectivity index (χ4n) is 3.97. The number of para-hydroxylation sites is 1. The molecule has 4 rings (SSSR count). The number of nitrogens with zero attached hydrogens (tertiary/aromatic N) is 2. The van der Waals surface area contributed by atoms with Crippen molar-refractivity contribution in [3.8, 4) is 0 Å². The number of carbonyl (C=O) groups is 1. The lowest BCUT2D eigenvalue weighted by molar-refractivity contribution is -0.676. The van der Waals surface area contributed by atoms with Gasteiger partial charge in [0.05, 0.1) is 6.54 Å². The monoisotopic (exact) mass is 364 g/mol. The molecule has 2 heterocycles. The molecule has 3 aromatic rings. The molecule has 0 aliphatic carbocycles. The molecule has 1 amide bonds. The van der Waals surface area contributed by atoms with E-state index >= 15 is 0 Å². The number of hydrogen-bond donors (Lipinski definition) is 2. The summed E-state index contributed by atoms with van der Waals surface area (Å²) in [6.07, 6.45) is 0.343.